The van der Waals surface area contributed by atoms with Gasteiger partial charge < -0.3 is 9.47 Å². The van der Waals surface area contributed by atoms with E-state index in [4.69, 9.17) is 32.7 Å². The van der Waals surface area contributed by atoms with E-state index in [-0.39, 0.29) is 34.6 Å². The lowest BCUT2D eigenvalue weighted by atomic mass is 10.1. The van der Waals surface area contributed by atoms with Gasteiger partial charge in [0.15, 0.2) is 5.75 Å². The molecule has 0 radical (unpaired) electrons. The standard InChI is InChI=1S/C21H30Cl2O4/c1-2-3-4-5-6-7-8-9-16-26-19(24)14-11-15-20(25)27-21-17(22)12-10-13-18(21)23/h10,12-13H,2-9,11,14-16H2,1H3. The Labute approximate surface area is 172 Å². The van der Waals surface area contributed by atoms with Crippen LogP contribution in [-0.4, -0.2) is 18.5 Å². The van der Waals surface area contributed by atoms with E-state index in [9.17, 15) is 9.59 Å². The molecule has 0 amide bonds. The largest absolute Gasteiger partial charge is 0.466 e. The summed E-state index contributed by atoms with van der Waals surface area (Å²) in [5.74, 6) is -0.592. The van der Waals surface area contributed by atoms with Crippen molar-refractivity contribution in [3.05, 3.63) is 28.2 Å². The highest BCUT2D eigenvalue weighted by Gasteiger charge is 2.13. The van der Waals surface area contributed by atoms with Crippen molar-refractivity contribution >= 4 is 35.1 Å². The first-order chi connectivity index (χ1) is 13.0. The molecule has 1 rings (SSSR count). The molecular formula is C21H30Cl2O4. The third-order valence-corrected chi connectivity index (χ3v) is 4.75. The molecule has 0 N–H and O–H groups in total. The predicted molar refractivity (Wildman–Crippen MR) is 110 cm³/mol. The molecule has 0 heterocycles. The molecule has 1 aromatic carbocycles. The lowest BCUT2D eigenvalue weighted by Gasteiger charge is -2.08. The Morgan fingerprint density at radius 2 is 1.37 bits per heavy atom. The van der Waals surface area contributed by atoms with E-state index >= 15 is 0 Å². The number of benzene rings is 1. The van der Waals surface area contributed by atoms with Crippen molar-refractivity contribution in [2.24, 2.45) is 0 Å². The van der Waals surface area contributed by atoms with Gasteiger partial charge in [-0.05, 0) is 25.0 Å². The molecule has 27 heavy (non-hydrogen) atoms. The first-order valence-corrected chi connectivity index (χ1v) is 10.6. The van der Waals surface area contributed by atoms with Crippen LogP contribution in [0.5, 0.6) is 5.75 Å². The fraction of sp³-hybridized carbons (Fsp3) is 0.619. The van der Waals surface area contributed by atoms with E-state index in [2.05, 4.69) is 6.92 Å². The molecule has 6 heteroatoms. The van der Waals surface area contributed by atoms with Gasteiger partial charge >= 0.3 is 11.9 Å². The van der Waals surface area contributed by atoms with Crippen LogP contribution in [0.4, 0.5) is 0 Å². The van der Waals surface area contributed by atoms with Crippen molar-refractivity contribution < 1.29 is 19.1 Å². The van der Waals surface area contributed by atoms with Crippen LogP contribution in [0.3, 0.4) is 0 Å². The highest BCUT2D eigenvalue weighted by atomic mass is 35.5. The van der Waals surface area contributed by atoms with Gasteiger partial charge in [0.25, 0.3) is 0 Å². The lowest BCUT2D eigenvalue weighted by molar-refractivity contribution is -0.144. The Hall–Kier alpha value is -1.26. The summed E-state index contributed by atoms with van der Waals surface area (Å²) in [6, 6.07) is 4.86. The Morgan fingerprint density at radius 1 is 0.815 bits per heavy atom. The molecule has 0 saturated heterocycles. The number of rotatable bonds is 14. The van der Waals surface area contributed by atoms with Gasteiger partial charge in [-0.1, -0.05) is 81.1 Å². The van der Waals surface area contributed by atoms with Crippen LogP contribution >= 0.6 is 23.2 Å². The quantitative estimate of drug-likeness (QED) is 0.191. The summed E-state index contributed by atoms with van der Waals surface area (Å²) in [6.45, 7) is 2.67. The summed E-state index contributed by atoms with van der Waals surface area (Å²) in [6.07, 6.45) is 10.3. The number of carbonyl (C=O) groups is 2. The fourth-order valence-corrected chi connectivity index (χ4v) is 3.09. The Kier molecular flexibility index (Phi) is 13.0. The molecule has 0 aliphatic carbocycles. The minimum atomic E-state index is -0.471. The maximum Gasteiger partial charge on any atom is 0.311 e. The molecule has 1 aromatic rings. The number of esters is 2. The lowest BCUT2D eigenvalue weighted by Crippen LogP contribution is -2.11. The van der Waals surface area contributed by atoms with Gasteiger partial charge in [0, 0.05) is 12.8 Å². The summed E-state index contributed by atoms with van der Waals surface area (Å²) in [7, 11) is 0. The van der Waals surface area contributed by atoms with Crippen molar-refractivity contribution in [2.75, 3.05) is 6.61 Å². The van der Waals surface area contributed by atoms with Crippen LogP contribution in [-0.2, 0) is 14.3 Å². The molecule has 0 saturated carbocycles. The summed E-state index contributed by atoms with van der Waals surface area (Å²) in [5, 5.41) is 0.557. The van der Waals surface area contributed by atoms with Crippen LogP contribution in [0.2, 0.25) is 10.0 Å². The van der Waals surface area contributed by atoms with Crippen LogP contribution in [0.15, 0.2) is 18.2 Å². The third-order valence-electron chi connectivity index (χ3n) is 4.16. The number of hydrogen-bond donors (Lipinski definition) is 0. The summed E-state index contributed by atoms with van der Waals surface area (Å²) < 4.78 is 10.4. The molecule has 0 fully saturated rings. The van der Waals surface area contributed by atoms with Crippen LogP contribution < -0.4 is 4.74 Å². The fourth-order valence-electron chi connectivity index (χ4n) is 2.62. The molecular weight excluding hydrogens is 387 g/mol. The Morgan fingerprint density at radius 3 is 2.00 bits per heavy atom. The Balaban J connectivity index is 2.04. The predicted octanol–water partition coefficient (Wildman–Crippen LogP) is 6.75. The number of carbonyl (C=O) groups excluding carboxylic acids is 2. The van der Waals surface area contributed by atoms with Crippen molar-refractivity contribution in [3.8, 4) is 5.75 Å². The second-order valence-electron chi connectivity index (χ2n) is 6.57. The normalized spacial score (nSPS) is 10.6. The van der Waals surface area contributed by atoms with E-state index in [1.165, 1.54) is 38.5 Å². The third kappa shape index (κ3) is 11.2. The zero-order chi connectivity index (χ0) is 19.9. The molecule has 0 aliphatic rings. The summed E-state index contributed by atoms with van der Waals surface area (Å²) in [4.78, 5) is 23.5. The second kappa shape index (κ2) is 14.8. The SMILES string of the molecule is CCCCCCCCCCOC(=O)CCCC(=O)Oc1c(Cl)cccc1Cl. The van der Waals surface area contributed by atoms with Gasteiger partial charge in [-0.15, -0.1) is 0 Å². The minimum Gasteiger partial charge on any atom is -0.466 e. The van der Waals surface area contributed by atoms with Crippen molar-refractivity contribution in [2.45, 2.75) is 77.6 Å². The molecule has 0 aromatic heterocycles. The minimum absolute atomic E-state index is 0.106. The van der Waals surface area contributed by atoms with Gasteiger partial charge in [-0.25, -0.2) is 0 Å². The van der Waals surface area contributed by atoms with Crippen LogP contribution in [0.1, 0.15) is 77.6 Å². The summed E-state index contributed by atoms with van der Waals surface area (Å²) in [5.41, 5.74) is 0. The zero-order valence-electron chi connectivity index (χ0n) is 16.1. The van der Waals surface area contributed by atoms with E-state index < -0.39 is 5.97 Å². The maximum absolute atomic E-state index is 11.8. The number of ether oxygens (including phenoxy) is 2. The second-order valence-corrected chi connectivity index (χ2v) is 7.39. The van der Waals surface area contributed by atoms with E-state index in [1.807, 2.05) is 0 Å². The van der Waals surface area contributed by atoms with Crippen molar-refractivity contribution in [1.29, 1.82) is 0 Å². The molecule has 0 spiro atoms. The molecule has 0 unspecified atom stereocenters. The van der Waals surface area contributed by atoms with Gasteiger partial charge in [0.2, 0.25) is 0 Å². The average Bonchev–Trinajstić information content (AvgIpc) is 2.63. The first-order valence-electron chi connectivity index (χ1n) is 9.85. The van der Waals surface area contributed by atoms with E-state index in [1.54, 1.807) is 18.2 Å². The zero-order valence-corrected chi connectivity index (χ0v) is 17.6. The van der Waals surface area contributed by atoms with Gasteiger partial charge in [0.1, 0.15) is 0 Å². The number of unbranched alkanes of at least 4 members (excludes halogenated alkanes) is 7. The molecule has 152 valence electrons. The number of halogens is 2. The maximum atomic E-state index is 11.8. The van der Waals surface area contributed by atoms with Crippen molar-refractivity contribution in [3.63, 3.8) is 0 Å². The average molecular weight is 417 g/mol. The molecule has 0 bridgehead atoms. The monoisotopic (exact) mass is 416 g/mol. The number of hydrogen-bond acceptors (Lipinski definition) is 4. The topological polar surface area (TPSA) is 52.6 Å². The number of para-hydroxylation sites is 1. The van der Waals surface area contributed by atoms with Crippen LogP contribution in [0.25, 0.3) is 0 Å². The molecule has 4 nitrogen and oxygen atoms in total. The summed E-state index contributed by atoms with van der Waals surface area (Å²) >= 11 is 11.9. The molecule has 0 atom stereocenters. The van der Waals surface area contributed by atoms with E-state index in [0.29, 0.717) is 13.0 Å². The first kappa shape index (κ1) is 23.8. The molecule has 0 aliphatic heterocycles. The van der Waals surface area contributed by atoms with Gasteiger partial charge in [-0.3, -0.25) is 9.59 Å². The highest BCUT2D eigenvalue weighted by Crippen LogP contribution is 2.32. The van der Waals surface area contributed by atoms with Crippen molar-refractivity contribution in [1.82, 2.24) is 0 Å². The smallest absolute Gasteiger partial charge is 0.311 e. The Bertz CT molecular complexity index is 555. The van der Waals surface area contributed by atoms with Gasteiger partial charge in [0.05, 0.1) is 16.7 Å². The van der Waals surface area contributed by atoms with Crippen LogP contribution in [0, 0.1) is 0 Å². The highest BCUT2D eigenvalue weighted by molar-refractivity contribution is 6.37. The van der Waals surface area contributed by atoms with E-state index in [0.717, 1.165) is 12.8 Å². The van der Waals surface area contributed by atoms with Gasteiger partial charge in [-0.2, -0.15) is 0 Å².